The van der Waals surface area contributed by atoms with Crippen molar-refractivity contribution >= 4 is 23.6 Å². The molecule has 3 aromatic rings. The molecule has 1 aliphatic heterocycles. The third kappa shape index (κ3) is 4.01. The SMILES string of the molecule is Cc1cc(Nc2c(-c3ccc(F)cc3)nc3n2C=CN(C(=O)C(C)(C)N)C3)cc(C)c1F. The number of fused-ring (bicyclic) bond motifs is 1. The van der Waals surface area contributed by atoms with Crippen LogP contribution in [0.1, 0.15) is 30.8 Å². The monoisotopic (exact) mass is 437 g/mol. The van der Waals surface area contributed by atoms with Gasteiger partial charge in [0.05, 0.1) is 12.1 Å². The van der Waals surface area contributed by atoms with Crippen LogP contribution in [-0.4, -0.2) is 25.9 Å². The number of aryl methyl sites for hydroxylation is 2. The number of hydrogen-bond acceptors (Lipinski definition) is 4. The number of nitrogens with two attached hydrogens (primary N) is 1. The summed E-state index contributed by atoms with van der Waals surface area (Å²) in [5, 5.41) is 3.34. The number of rotatable bonds is 4. The normalized spacial score (nSPS) is 13.3. The van der Waals surface area contributed by atoms with Crippen LogP contribution in [0.3, 0.4) is 0 Å². The van der Waals surface area contributed by atoms with Crippen molar-refractivity contribution in [2.75, 3.05) is 5.32 Å². The Kier molecular flexibility index (Phi) is 5.34. The Morgan fingerprint density at radius 1 is 1.09 bits per heavy atom. The number of amides is 1. The van der Waals surface area contributed by atoms with Crippen molar-refractivity contribution in [3.63, 3.8) is 0 Å². The zero-order valence-electron chi connectivity index (χ0n) is 18.4. The van der Waals surface area contributed by atoms with Gasteiger partial charge in [0.2, 0.25) is 5.91 Å². The molecule has 0 atom stereocenters. The van der Waals surface area contributed by atoms with Crippen molar-refractivity contribution in [3.8, 4) is 11.3 Å². The van der Waals surface area contributed by atoms with Gasteiger partial charge in [-0.1, -0.05) is 0 Å². The van der Waals surface area contributed by atoms with Crippen molar-refractivity contribution in [2.24, 2.45) is 5.73 Å². The van der Waals surface area contributed by atoms with Gasteiger partial charge in [-0.15, -0.1) is 0 Å². The molecule has 0 saturated heterocycles. The van der Waals surface area contributed by atoms with Gasteiger partial charge in [-0.2, -0.15) is 0 Å². The predicted octanol–water partition coefficient (Wildman–Crippen LogP) is 4.70. The number of halogens is 2. The molecule has 0 unspecified atom stereocenters. The third-order valence-corrected chi connectivity index (χ3v) is 5.32. The van der Waals surface area contributed by atoms with E-state index in [1.54, 1.807) is 64.4 Å². The second-order valence-corrected chi connectivity index (χ2v) is 8.60. The van der Waals surface area contributed by atoms with Crippen LogP contribution in [0, 0.1) is 25.5 Å². The van der Waals surface area contributed by atoms with Crippen molar-refractivity contribution in [3.05, 3.63) is 71.2 Å². The van der Waals surface area contributed by atoms with E-state index < -0.39 is 5.54 Å². The molecule has 6 nitrogen and oxygen atoms in total. The first-order valence-corrected chi connectivity index (χ1v) is 10.2. The summed E-state index contributed by atoms with van der Waals surface area (Å²) in [5.41, 5.74) is 7.99. The lowest BCUT2D eigenvalue weighted by Crippen LogP contribution is -2.49. The largest absolute Gasteiger partial charge is 0.339 e. The first-order valence-electron chi connectivity index (χ1n) is 10.2. The van der Waals surface area contributed by atoms with Gasteiger partial charge in [-0.25, -0.2) is 13.8 Å². The fourth-order valence-electron chi connectivity index (χ4n) is 3.70. The highest BCUT2D eigenvalue weighted by molar-refractivity contribution is 5.87. The summed E-state index contributed by atoms with van der Waals surface area (Å²) in [6, 6.07) is 9.46. The van der Waals surface area contributed by atoms with Crippen LogP contribution in [0.4, 0.5) is 20.3 Å². The minimum absolute atomic E-state index is 0.229. The van der Waals surface area contributed by atoms with Crippen LogP contribution in [0.5, 0.6) is 0 Å². The van der Waals surface area contributed by atoms with E-state index >= 15 is 0 Å². The zero-order valence-corrected chi connectivity index (χ0v) is 18.4. The van der Waals surface area contributed by atoms with Crippen LogP contribution < -0.4 is 11.1 Å². The van der Waals surface area contributed by atoms with Crippen LogP contribution in [0.2, 0.25) is 0 Å². The predicted molar refractivity (Wildman–Crippen MR) is 121 cm³/mol. The van der Waals surface area contributed by atoms with Gasteiger partial charge in [0, 0.05) is 23.7 Å². The first kappa shape index (κ1) is 21.7. The highest BCUT2D eigenvalue weighted by Gasteiger charge is 2.30. The molecule has 0 aliphatic carbocycles. The lowest BCUT2D eigenvalue weighted by Gasteiger charge is -2.28. The first-order chi connectivity index (χ1) is 15.0. The molecule has 1 aromatic heterocycles. The summed E-state index contributed by atoms with van der Waals surface area (Å²) >= 11 is 0. The Morgan fingerprint density at radius 2 is 1.72 bits per heavy atom. The maximum Gasteiger partial charge on any atom is 0.246 e. The molecule has 4 rings (SSSR count). The molecule has 2 heterocycles. The summed E-state index contributed by atoms with van der Waals surface area (Å²) in [5.74, 6) is 0.419. The lowest BCUT2D eigenvalue weighted by atomic mass is 10.1. The summed E-state index contributed by atoms with van der Waals surface area (Å²) in [6.07, 6.45) is 3.39. The standard InChI is InChI=1S/C24H25F2N5O/c1-14-11-18(12-15(2)20(14)26)28-22-21(16-5-7-17(25)8-6-16)29-19-13-30(9-10-31(19)22)23(32)24(3,4)27/h5-12,28H,13,27H2,1-4H3. The lowest BCUT2D eigenvalue weighted by molar-refractivity contribution is -0.133. The topological polar surface area (TPSA) is 76.2 Å². The van der Waals surface area contributed by atoms with Gasteiger partial charge in [0.1, 0.15) is 29.0 Å². The minimum Gasteiger partial charge on any atom is -0.339 e. The van der Waals surface area contributed by atoms with Crippen LogP contribution in [0.25, 0.3) is 17.5 Å². The molecule has 0 radical (unpaired) electrons. The van der Waals surface area contributed by atoms with Crippen LogP contribution in [-0.2, 0) is 11.3 Å². The molecule has 3 N–H and O–H groups in total. The molecule has 8 heteroatoms. The van der Waals surface area contributed by atoms with E-state index in [2.05, 4.69) is 5.32 Å². The molecule has 32 heavy (non-hydrogen) atoms. The number of nitrogens with one attached hydrogen (secondary N) is 1. The Labute approximate surface area is 185 Å². The number of carbonyl (C=O) groups is 1. The molecule has 0 bridgehead atoms. The van der Waals surface area contributed by atoms with E-state index in [9.17, 15) is 13.6 Å². The fraction of sp³-hybridized carbons (Fsp3) is 0.250. The molecule has 1 aliphatic rings. The maximum atomic E-state index is 14.1. The van der Waals surface area contributed by atoms with Gasteiger partial charge in [-0.05, 0) is 75.2 Å². The fourth-order valence-corrected chi connectivity index (χ4v) is 3.70. The number of carbonyl (C=O) groups excluding carboxylic acids is 1. The molecule has 2 aromatic carbocycles. The molecule has 1 amide bonds. The van der Waals surface area contributed by atoms with E-state index in [1.165, 1.54) is 17.0 Å². The van der Waals surface area contributed by atoms with Crippen molar-refractivity contribution in [2.45, 2.75) is 39.8 Å². The van der Waals surface area contributed by atoms with Gasteiger partial charge >= 0.3 is 0 Å². The second kappa shape index (κ2) is 7.87. The third-order valence-electron chi connectivity index (χ3n) is 5.32. The van der Waals surface area contributed by atoms with E-state index in [0.717, 1.165) is 0 Å². The quantitative estimate of drug-likeness (QED) is 0.621. The average molecular weight is 437 g/mol. The van der Waals surface area contributed by atoms with Crippen LogP contribution in [0.15, 0.2) is 42.6 Å². The molecule has 0 saturated carbocycles. The van der Waals surface area contributed by atoms with Gasteiger partial charge in [0.15, 0.2) is 0 Å². The van der Waals surface area contributed by atoms with Crippen molar-refractivity contribution < 1.29 is 13.6 Å². The van der Waals surface area contributed by atoms with Gasteiger partial charge in [-0.3, -0.25) is 9.36 Å². The van der Waals surface area contributed by atoms with Crippen molar-refractivity contribution in [1.29, 1.82) is 0 Å². The highest BCUT2D eigenvalue weighted by Crippen LogP contribution is 2.34. The van der Waals surface area contributed by atoms with Gasteiger partial charge in [0.25, 0.3) is 0 Å². The second-order valence-electron chi connectivity index (χ2n) is 8.60. The molecular weight excluding hydrogens is 412 g/mol. The summed E-state index contributed by atoms with van der Waals surface area (Å²) in [6.45, 7) is 6.95. The van der Waals surface area contributed by atoms with E-state index in [0.29, 0.717) is 39.7 Å². The number of benzene rings is 2. The molecule has 0 spiro atoms. The number of imidazole rings is 1. The molecule has 166 valence electrons. The molecule has 0 fully saturated rings. The average Bonchev–Trinajstić information content (AvgIpc) is 3.08. The number of hydrogen-bond donors (Lipinski definition) is 2. The Morgan fingerprint density at radius 3 is 2.31 bits per heavy atom. The number of aromatic nitrogens is 2. The van der Waals surface area contributed by atoms with E-state index in [4.69, 9.17) is 10.7 Å². The summed E-state index contributed by atoms with van der Waals surface area (Å²) < 4.78 is 29.5. The minimum atomic E-state index is -1.02. The number of nitrogens with zero attached hydrogens (tertiary/aromatic N) is 3. The Hall–Kier alpha value is -3.52. The van der Waals surface area contributed by atoms with E-state index in [1.807, 2.05) is 4.57 Å². The smallest absolute Gasteiger partial charge is 0.246 e. The van der Waals surface area contributed by atoms with E-state index in [-0.39, 0.29) is 24.1 Å². The Bertz CT molecular complexity index is 1200. The molecular formula is C24H25F2N5O. The summed E-state index contributed by atoms with van der Waals surface area (Å²) in [7, 11) is 0. The Balaban J connectivity index is 1.80. The number of anilines is 2. The summed E-state index contributed by atoms with van der Waals surface area (Å²) in [4.78, 5) is 18.9. The highest BCUT2D eigenvalue weighted by atomic mass is 19.1. The van der Waals surface area contributed by atoms with Crippen LogP contribution >= 0.6 is 0 Å². The van der Waals surface area contributed by atoms with Gasteiger partial charge < -0.3 is 16.0 Å². The zero-order chi connectivity index (χ0) is 23.2. The van der Waals surface area contributed by atoms with Crippen molar-refractivity contribution in [1.82, 2.24) is 14.5 Å². The maximum absolute atomic E-state index is 14.1.